The molecule has 25 heavy (non-hydrogen) atoms. The highest BCUT2D eigenvalue weighted by atomic mass is 16.4. The van der Waals surface area contributed by atoms with Crippen LogP contribution in [0.15, 0.2) is 42.7 Å². The van der Waals surface area contributed by atoms with E-state index in [0.29, 0.717) is 18.1 Å². The van der Waals surface area contributed by atoms with Gasteiger partial charge < -0.3 is 15.3 Å². The number of carbonyl (C=O) groups excluding carboxylic acids is 1. The van der Waals surface area contributed by atoms with Crippen molar-refractivity contribution in [2.75, 3.05) is 18.0 Å². The van der Waals surface area contributed by atoms with Gasteiger partial charge in [0.1, 0.15) is 0 Å². The van der Waals surface area contributed by atoms with Gasteiger partial charge in [0.05, 0.1) is 12.0 Å². The summed E-state index contributed by atoms with van der Waals surface area (Å²) in [6.07, 6.45) is 5.45. The molecule has 1 aromatic carbocycles. The molecule has 7 heteroatoms. The van der Waals surface area contributed by atoms with Crippen LogP contribution in [0.5, 0.6) is 0 Å². The maximum Gasteiger partial charge on any atom is 0.335 e. The third-order valence-electron chi connectivity index (χ3n) is 4.16. The number of aromatic carboxylic acids is 1. The third-order valence-corrected chi connectivity index (χ3v) is 4.16. The molecule has 1 fully saturated rings. The molecule has 1 aliphatic heterocycles. The van der Waals surface area contributed by atoms with E-state index in [1.165, 1.54) is 12.1 Å². The molecule has 2 heterocycles. The monoisotopic (exact) mass is 340 g/mol. The fraction of sp³-hybridized carbons (Fsp3) is 0.333. The minimum atomic E-state index is -0.993. The molecule has 130 valence electrons. The summed E-state index contributed by atoms with van der Waals surface area (Å²) in [7, 11) is 0. The maximum atomic E-state index is 12.3. The summed E-state index contributed by atoms with van der Waals surface area (Å²) in [6.45, 7) is 1.54. The molecular weight excluding hydrogens is 320 g/mol. The molecule has 1 amide bonds. The molecule has 1 aromatic heterocycles. The molecule has 1 atom stereocenters. The normalized spacial score (nSPS) is 17.1. The zero-order valence-electron chi connectivity index (χ0n) is 13.8. The van der Waals surface area contributed by atoms with Gasteiger partial charge in [-0.2, -0.15) is 0 Å². The molecule has 0 saturated carbocycles. The van der Waals surface area contributed by atoms with E-state index in [4.69, 9.17) is 5.11 Å². The number of hydrogen-bond acceptors (Lipinski definition) is 5. The van der Waals surface area contributed by atoms with Crippen LogP contribution in [-0.4, -0.2) is 46.1 Å². The van der Waals surface area contributed by atoms with E-state index in [-0.39, 0.29) is 23.9 Å². The Hall–Kier alpha value is -2.96. The number of benzene rings is 1. The molecule has 0 spiro atoms. The standard InChI is InChI=1S/C18H20N4O3/c23-16(11-13-4-1-5-14(10-13)17(24)25)21-15-6-2-9-22(12-15)18-19-7-3-8-20-18/h1,3-5,7-8,10,15H,2,6,9,11-12H2,(H,21,23)(H,24,25). The van der Waals surface area contributed by atoms with Crippen molar-refractivity contribution in [2.24, 2.45) is 0 Å². The first kappa shape index (κ1) is 16.9. The van der Waals surface area contributed by atoms with Crippen molar-refractivity contribution in [2.45, 2.75) is 25.3 Å². The molecule has 2 N–H and O–H groups in total. The highest BCUT2D eigenvalue weighted by molar-refractivity contribution is 5.88. The van der Waals surface area contributed by atoms with Gasteiger partial charge in [0.2, 0.25) is 11.9 Å². The summed E-state index contributed by atoms with van der Waals surface area (Å²) >= 11 is 0. The van der Waals surface area contributed by atoms with Gasteiger partial charge in [-0.3, -0.25) is 4.79 Å². The van der Waals surface area contributed by atoms with E-state index in [9.17, 15) is 9.59 Å². The van der Waals surface area contributed by atoms with E-state index in [2.05, 4.69) is 20.2 Å². The maximum absolute atomic E-state index is 12.3. The van der Waals surface area contributed by atoms with Crippen molar-refractivity contribution in [3.63, 3.8) is 0 Å². The van der Waals surface area contributed by atoms with E-state index in [1.54, 1.807) is 30.6 Å². The van der Waals surface area contributed by atoms with Gasteiger partial charge in [-0.1, -0.05) is 12.1 Å². The van der Waals surface area contributed by atoms with Crippen LogP contribution in [0.3, 0.4) is 0 Å². The Morgan fingerprint density at radius 1 is 1.24 bits per heavy atom. The number of rotatable bonds is 5. The SMILES string of the molecule is O=C(Cc1cccc(C(=O)O)c1)NC1CCCN(c2ncccn2)C1. The molecule has 1 saturated heterocycles. The molecule has 1 aliphatic rings. The fourth-order valence-corrected chi connectivity index (χ4v) is 3.01. The number of anilines is 1. The summed E-state index contributed by atoms with van der Waals surface area (Å²) in [5.74, 6) is -0.424. The summed E-state index contributed by atoms with van der Waals surface area (Å²) in [5, 5.41) is 12.1. The van der Waals surface area contributed by atoms with Gasteiger partial charge >= 0.3 is 5.97 Å². The molecule has 7 nitrogen and oxygen atoms in total. The number of nitrogens with one attached hydrogen (secondary N) is 1. The Morgan fingerprint density at radius 3 is 2.80 bits per heavy atom. The van der Waals surface area contributed by atoms with E-state index in [1.807, 2.05) is 0 Å². The molecule has 0 aliphatic carbocycles. The minimum Gasteiger partial charge on any atom is -0.478 e. The van der Waals surface area contributed by atoms with E-state index >= 15 is 0 Å². The number of nitrogens with zero attached hydrogens (tertiary/aromatic N) is 3. The lowest BCUT2D eigenvalue weighted by Gasteiger charge is -2.33. The van der Waals surface area contributed by atoms with Crippen LogP contribution in [0.2, 0.25) is 0 Å². The van der Waals surface area contributed by atoms with Gasteiger partial charge in [0, 0.05) is 31.5 Å². The molecular formula is C18H20N4O3. The smallest absolute Gasteiger partial charge is 0.335 e. The highest BCUT2D eigenvalue weighted by Crippen LogP contribution is 2.15. The Kier molecular flexibility index (Phi) is 5.23. The predicted octanol–water partition coefficient (Wildman–Crippen LogP) is 1.50. The van der Waals surface area contributed by atoms with Crippen molar-refractivity contribution < 1.29 is 14.7 Å². The van der Waals surface area contributed by atoms with Crippen LogP contribution in [0, 0.1) is 0 Å². The Bertz CT molecular complexity index is 751. The third kappa shape index (κ3) is 4.53. The number of amides is 1. The average Bonchev–Trinajstić information content (AvgIpc) is 2.63. The first-order chi connectivity index (χ1) is 12.1. The van der Waals surface area contributed by atoms with E-state index < -0.39 is 5.97 Å². The van der Waals surface area contributed by atoms with Crippen LogP contribution in [0.25, 0.3) is 0 Å². The number of carboxylic acid groups (broad SMARTS) is 1. The fourth-order valence-electron chi connectivity index (χ4n) is 3.01. The molecule has 0 bridgehead atoms. The summed E-state index contributed by atoms with van der Waals surface area (Å²) in [5.41, 5.74) is 0.881. The molecule has 1 unspecified atom stereocenters. The lowest BCUT2D eigenvalue weighted by molar-refractivity contribution is -0.121. The van der Waals surface area contributed by atoms with Gasteiger partial charge in [-0.25, -0.2) is 14.8 Å². The second-order valence-electron chi connectivity index (χ2n) is 6.08. The summed E-state index contributed by atoms with van der Waals surface area (Å²) in [4.78, 5) is 33.9. The first-order valence-corrected chi connectivity index (χ1v) is 8.25. The predicted molar refractivity (Wildman–Crippen MR) is 92.5 cm³/mol. The topological polar surface area (TPSA) is 95.4 Å². The quantitative estimate of drug-likeness (QED) is 0.856. The zero-order chi connectivity index (χ0) is 17.6. The van der Waals surface area contributed by atoms with Crippen LogP contribution < -0.4 is 10.2 Å². The van der Waals surface area contributed by atoms with Crippen LogP contribution >= 0.6 is 0 Å². The molecule has 0 radical (unpaired) electrons. The zero-order valence-corrected chi connectivity index (χ0v) is 13.8. The van der Waals surface area contributed by atoms with Crippen molar-refractivity contribution in [1.82, 2.24) is 15.3 Å². The van der Waals surface area contributed by atoms with E-state index in [0.717, 1.165) is 19.4 Å². The van der Waals surface area contributed by atoms with Gasteiger partial charge in [0.15, 0.2) is 0 Å². The number of carboxylic acids is 1. The van der Waals surface area contributed by atoms with Crippen LogP contribution in [0.1, 0.15) is 28.8 Å². The molecule has 3 rings (SSSR count). The Balaban J connectivity index is 1.57. The minimum absolute atomic E-state index is 0.0349. The van der Waals surface area contributed by atoms with Crippen LogP contribution in [-0.2, 0) is 11.2 Å². The second kappa shape index (κ2) is 7.74. The molecule has 2 aromatic rings. The van der Waals surface area contributed by atoms with Crippen molar-refractivity contribution in [1.29, 1.82) is 0 Å². The average molecular weight is 340 g/mol. The van der Waals surface area contributed by atoms with Crippen molar-refractivity contribution >= 4 is 17.8 Å². The van der Waals surface area contributed by atoms with Crippen LogP contribution in [0.4, 0.5) is 5.95 Å². The lowest BCUT2D eigenvalue weighted by Crippen LogP contribution is -2.48. The van der Waals surface area contributed by atoms with Gasteiger partial charge in [-0.05, 0) is 36.6 Å². The highest BCUT2D eigenvalue weighted by Gasteiger charge is 2.23. The number of aromatic nitrogens is 2. The lowest BCUT2D eigenvalue weighted by atomic mass is 10.0. The number of carbonyl (C=O) groups is 2. The van der Waals surface area contributed by atoms with Gasteiger partial charge in [-0.15, -0.1) is 0 Å². The Morgan fingerprint density at radius 2 is 2.04 bits per heavy atom. The first-order valence-electron chi connectivity index (χ1n) is 8.25. The Labute approximate surface area is 145 Å². The van der Waals surface area contributed by atoms with Crippen molar-refractivity contribution in [3.05, 3.63) is 53.9 Å². The number of piperidine rings is 1. The summed E-state index contributed by atoms with van der Waals surface area (Å²) < 4.78 is 0. The second-order valence-corrected chi connectivity index (χ2v) is 6.08. The summed E-state index contributed by atoms with van der Waals surface area (Å²) in [6, 6.07) is 8.28. The van der Waals surface area contributed by atoms with Gasteiger partial charge in [0.25, 0.3) is 0 Å². The largest absolute Gasteiger partial charge is 0.478 e. The number of hydrogen-bond donors (Lipinski definition) is 2. The van der Waals surface area contributed by atoms with Crippen molar-refractivity contribution in [3.8, 4) is 0 Å².